The van der Waals surface area contributed by atoms with Crippen molar-refractivity contribution in [3.05, 3.63) is 23.8 Å². The lowest BCUT2D eigenvalue weighted by Crippen LogP contribution is -2.38. The SMILES string of the molecule is CCN(CC(N)=O)S(=O)(=O)c1ccc(N)cc1C(=O)O. The number of nitrogens with two attached hydrogens (primary N) is 2. The molecule has 110 valence electrons. The number of anilines is 1. The maximum atomic E-state index is 12.3. The first-order valence-corrected chi connectivity index (χ1v) is 7.05. The fourth-order valence-electron chi connectivity index (χ4n) is 1.62. The number of primary amides is 1. The Morgan fingerprint density at radius 1 is 1.35 bits per heavy atom. The number of carbonyl (C=O) groups is 2. The highest BCUT2D eigenvalue weighted by Gasteiger charge is 2.29. The molecule has 0 spiro atoms. The summed E-state index contributed by atoms with van der Waals surface area (Å²) in [6, 6.07) is 3.42. The molecule has 0 heterocycles. The highest BCUT2D eigenvalue weighted by atomic mass is 32.2. The van der Waals surface area contributed by atoms with Crippen LogP contribution in [-0.4, -0.2) is 42.8 Å². The lowest BCUT2D eigenvalue weighted by molar-refractivity contribution is -0.118. The second-order valence-corrected chi connectivity index (χ2v) is 5.86. The number of carboxylic acid groups (broad SMARTS) is 1. The van der Waals surface area contributed by atoms with E-state index in [4.69, 9.17) is 16.6 Å². The summed E-state index contributed by atoms with van der Waals surface area (Å²) < 4.78 is 25.5. The molecule has 0 fully saturated rings. The molecule has 1 aromatic rings. The number of rotatable bonds is 6. The zero-order chi connectivity index (χ0) is 15.5. The predicted octanol–water partition coefficient (Wildman–Crippen LogP) is -0.537. The van der Waals surface area contributed by atoms with E-state index in [0.717, 1.165) is 16.4 Å². The van der Waals surface area contributed by atoms with Crippen LogP contribution >= 0.6 is 0 Å². The van der Waals surface area contributed by atoms with Gasteiger partial charge in [0.25, 0.3) is 0 Å². The first kappa shape index (κ1) is 15.9. The van der Waals surface area contributed by atoms with Gasteiger partial charge in [-0.15, -0.1) is 0 Å². The number of nitrogens with zero attached hydrogens (tertiary/aromatic N) is 1. The van der Waals surface area contributed by atoms with E-state index in [0.29, 0.717) is 0 Å². The van der Waals surface area contributed by atoms with E-state index in [9.17, 15) is 18.0 Å². The Balaban J connectivity index is 3.41. The molecule has 1 amide bonds. The molecule has 0 saturated heterocycles. The zero-order valence-electron chi connectivity index (χ0n) is 10.7. The van der Waals surface area contributed by atoms with Gasteiger partial charge < -0.3 is 16.6 Å². The van der Waals surface area contributed by atoms with E-state index in [1.54, 1.807) is 0 Å². The monoisotopic (exact) mass is 301 g/mol. The third kappa shape index (κ3) is 3.25. The van der Waals surface area contributed by atoms with Gasteiger partial charge in [0, 0.05) is 12.2 Å². The van der Waals surface area contributed by atoms with Gasteiger partial charge in [-0.25, -0.2) is 13.2 Å². The van der Waals surface area contributed by atoms with Crippen molar-refractivity contribution in [1.29, 1.82) is 0 Å². The van der Waals surface area contributed by atoms with E-state index >= 15 is 0 Å². The van der Waals surface area contributed by atoms with E-state index in [2.05, 4.69) is 0 Å². The number of hydrogen-bond donors (Lipinski definition) is 3. The number of carbonyl (C=O) groups excluding carboxylic acids is 1. The molecule has 20 heavy (non-hydrogen) atoms. The molecule has 0 radical (unpaired) electrons. The minimum atomic E-state index is -4.14. The number of sulfonamides is 1. The molecule has 1 rings (SSSR count). The largest absolute Gasteiger partial charge is 0.478 e. The van der Waals surface area contributed by atoms with Crippen molar-refractivity contribution in [1.82, 2.24) is 4.31 Å². The molecule has 1 aromatic carbocycles. The zero-order valence-corrected chi connectivity index (χ0v) is 11.6. The van der Waals surface area contributed by atoms with Gasteiger partial charge >= 0.3 is 5.97 Å². The molecular weight excluding hydrogens is 286 g/mol. The Kier molecular flexibility index (Phi) is 4.69. The molecule has 0 aromatic heterocycles. The summed E-state index contributed by atoms with van der Waals surface area (Å²) in [6.45, 7) is 0.967. The van der Waals surface area contributed by atoms with E-state index in [1.807, 2.05) is 0 Å². The number of amides is 1. The highest BCUT2D eigenvalue weighted by molar-refractivity contribution is 7.89. The van der Waals surface area contributed by atoms with Gasteiger partial charge in [0.2, 0.25) is 15.9 Å². The van der Waals surface area contributed by atoms with Crippen LogP contribution in [0.3, 0.4) is 0 Å². The van der Waals surface area contributed by atoms with Gasteiger partial charge in [0.15, 0.2) is 0 Å². The van der Waals surface area contributed by atoms with Crippen molar-refractivity contribution >= 4 is 27.6 Å². The summed E-state index contributed by atoms with van der Waals surface area (Å²) in [7, 11) is -4.14. The number of nitrogen functional groups attached to an aromatic ring is 1. The quantitative estimate of drug-likeness (QED) is 0.602. The second kappa shape index (κ2) is 5.88. The minimum absolute atomic E-state index is 0.0191. The van der Waals surface area contributed by atoms with Crippen molar-refractivity contribution in [2.45, 2.75) is 11.8 Å². The van der Waals surface area contributed by atoms with Crippen LogP contribution in [0.4, 0.5) is 5.69 Å². The lowest BCUT2D eigenvalue weighted by Gasteiger charge is -2.20. The molecule has 0 unspecified atom stereocenters. The number of likely N-dealkylation sites (N-methyl/N-ethyl adjacent to an activating group) is 1. The topological polar surface area (TPSA) is 144 Å². The van der Waals surface area contributed by atoms with Gasteiger partial charge in [-0.2, -0.15) is 4.31 Å². The van der Waals surface area contributed by atoms with Crippen LogP contribution in [0, 0.1) is 0 Å². The summed E-state index contributed by atoms with van der Waals surface area (Å²) in [4.78, 5) is 21.6. The first-order chi connectivity index (χ1) is 9.20. The van der Waals surface area contributed by atoms with Crippen LogP contribution < -0.4 is 11.5 Å². The molecule has 0 bridgehead atoms. The van der Waals surface area contributed by atoms with Crippen molar-refractivity contribution in [2.24, 2.45) is 5.73 Å². The molecule has 0 saturated carbocycles. The van der Waals surface area contributed by atoms with Gasteiger partial charge in [0.05, 0.1) is 17.0 Å². The third-order valence-corrected chi connectivity index (χ3v) is 4.52. The van der Waals surface area contributed by atoms with Crippen LogP contribution in [0.1, 0.15) is 17.3 Å². The molecule has 0 atom stereocenters. The van der Waals surface area contributed by atoms with Gasteiger partial charge in [-0.1, -0.05) is 6.92 Å². The summed E-state index contributed by atoms with van der Waals surface area (Å²) in [5.74, 6) is -2.26. The molecular formula is C11H15N3O5S. The number of benzene rings is 1. The smallest absolute Gasteiger partial charge is 0.337 e. The molecule has 8 nitrogen and oxygen atoms in total. The molecule has 5 N–H and O–H groups in total. The van der Waals surface area contributed by atoms with Crippen LogP contribution in [0.5, 0.6) is 0 Å². The van der Waals surface area contributed by atoms with Crippen molar-refractivity contribution in [3.8, 4) is 0 Å². The Morgan fingerprint density at radius 2 is 1.95 bits per heavy atom. The summed E-state index contributed by atoms with van der Waals surface area (Å²) in [5.41, 5.74) is 10.1. The Hall–Kier alpha value is -2.13. The van der Waals surface area contributed by atoms with Gasteiger partial charge in [-0.3, -0.25) is 4.79 Å². The van der Waals surface area contributed by atoms with Crippen LogP contribution in [0.25, 0.3) is 0 Å². The molecule has 0 aliphatic heterocycles. The number of aromatic carboxylic acids is 1. The van der Waals surface area contributed by atoms with E-state index < -0.39 is 38.9 Å². The standard InChI is InChI=1S/C11H15N3O5S/c1-2-14(6-10(13)15)20(18,19)9-4-3-7(12)5-8(9)11(16)17/h3-5H,2,6,12H2,1H3,(H2,13,15)(H,16,17). The fraction of sp³-hybridized carbons (Fsp3) is 0.273. The Morgan fingerprint density at radius 3 is 2.40 bits per heavy atom. The van der Waals surface area contributed by atoms with Crippen molar-refractivity contribution < 1.29 is 23.1 Å². The van der Waals surface area contributed by atoms with Gasteiger partial charge in [0.1, 0.15) is 0 Å². The average Bonchev–Trinajstić information content (AvgIpc) is 2.34. The third-order valence-electron chi connectivity index (χ3n) is 2.54. The average molecular weight is 301 g/mol. The summed E-state index contributed by atoms with van der Waals surface area (Å²) in [6.07, 6.45) is 0. The number of carboxylic acids is 1. The second-order valence-electron chi connectivity index (χ2n) is 3.96. The number of hydrogen-bond acceptors (Lipinski definition) is 5. The lowest BCUT2D eigenvalue weighted by atomic mass is 10.2. The summed E-state index contributed by atoms with van der Waals surface area (Å²) in [5, 5.41) is 9.06. The van der Waals surface area contributed by atoms with E-state index in [1.165, 1.54) is 13.0 Å². The van der Waals surface area contributed by atoms with E-state index in [-0.39, 0.29) is 12.2 Å². The van der Waals surface area contributed by atoms with Crippen LogP contribution in [0.15, 0.2) is 23.1 Å². The molecule has 9 heteroatoms. The highest BCUT2D eigenvalue weighted by Crippen LogP contribution is 2.22. The summed E-state index contributed by atoms with van der Waals surface area (Å²) >= 11 is 0. The molecule has 0 aliphatic rings. The maximum absolute atomic E-state index is 12.3. The van der Waals surface area contributed by atoms with Gasteiger partial charge in [-0.05, 0) is 18.2 Å². The van der Waals surface area contributed by atoms with Crippen LogP contribution in [0.2, 0.25) is 0 Å². The van der Waals surface area contributed by atoms with Crippen LogP contribution in [-0.2, 0) is 14.8 Å². The predicted molar refractivity (Wildman–Crippen MR) is 71.4 cm³/mol. The molecule has 0 aliphatic carbocycles. The first-order valence-electron chi connectivity index (χ1n) is 5.61. The fourth-order valence-corrected chi connectivity index (χ4v) is 3.20. The normalized spacial score (nSPS) is 11.5. The Labute approximate surface area is 116 Å². The van der Waals surface area contributed by atoms with Crippen molar-refractivity contribution in [2.75, 3.05) is 18.8 Å². The minimum Gasteiger partial charge on any atom is -0.478 e. The maximum Gasteiger partial charge on any atom is 0.337 e. The van der Waals surface area contributed by atoms with Crippen molar-refractivity contribution in [3.63, 3.8) is 0 Å². The Bertz CT molecular complexity index is 641.